The molecule has 0 amide bonds. The minimum atomic E-state index is -0.472. The lowest BCUT2D eigenvalue weighted by Gasteiger charge is -2.27. The lowest BCUT2D eigenvalue weighted by molar-refractivity contribution is 0.199. The molecule has 0 bridgehead atoms. The molecule has 2 nitrogen and oxygen atoms in total. The van der Waals surface area contributed by atoms with Gasteiger partial charge < -0.3 is 10.0 Å². The van der Waals surface area contributed by atoms with Crippen molar-refractivity contribution in [1.82, 2.24) is 0 Å². The predicted molar refractivity (Wildman–Crippen MR) is 70.2 cm³/mol. The molecule has 1 unspecified atom stereocenters. The summed E-state index contributed by atoms with van der Waals surface area (Å²) in [5.41, 5.74) is 1.87. The Labute approximate surface area is 103 Å². The summed E-state index contributed by atoms with van der Waals surface area (Å²) >= 11 is 6.22. The van der Waals surface area contributed by atoms with E-state index in [4.69, 9.17) is 11.6 Å². The zero-order chi connectivity index (χ0) is 12.3. The van der Waals surface area contributed by atoms with Crippen LogP contribution in [0.2, 0.25) is 5.02 Å². The van der Waals surface area contributed by atoms with Crippen LogP contribution in [0.1, 0.15) is 38.9 Å². The average molecular weight is 242 g/mol. The Kier molecular flexibility index (Phi) is 4.63. The van der Waals surface area contributed by atoms with Crippen LogP contribution < -0.4 is 4.90 Å². The third kappa shape index (κ3) is 2.89. The van der Waals surface area contributed by atoms with Crippen molar-refractivity contribution < 1.29 is 5.11 Å². The Hall–Kier alpha value is -0.730. The number of anilines is 1. The molecule has 1 rings (SSSR count). The molecule has 0 aliphatic heterocycles. The van der Waals surface area contributed by atoms with Gasteiger partial charge in [-0.05, 0) is 38.0 Å². The highest BCUT2D eigenvalue weighted by atomic mass is 35.5. The standard InChI is InChI=1S/C13H20ClNO/c1-5-9(2)15(4)13-7-6-11(10(3)16)8-12(13)14/h6-10,16H,5H2,1-4H3/t9?,10-/m0/s1. The SMILES string of the molecule is CCC(C)N(C)c1ccc([C@H](C)O)cc1Cl. The maximum atomic E-state index is 9.46. The van der Waals surface area contributed by atoms with Crippen molar-refractivity contribution >= 4 is 17.3 Å². The molecular formula is C13H20ClNO. The van der Waals surface area contributed by atoms with E-state index in [2.05, 4.69) is 18.7 Å². The van der Waals surface area contributed by atoms with E-state index < -0.39 is 6.10 Å². The van der Waals surface area contributed by atoms with E-state index >= 15 is 0 Å². The number of hydrogen-bond acceptors (Lipinski definition) is 2. The summed E-state index contributed by atoms with van der Waals surface area (Å²) in [5, 5.41) is 10.2. The lowest BCUT2D eigenvalue weighted by atomic mass is 10.1. The first-order valence-electron chi connectivity index (χ1n) is 5.67. The van der Waals surface area contributed by atoms with Crippen molar-refractivity contribution in [2.45, 2.75) is 39.3 Å². The molecule has 0 saturated heterocycles. The zero-order valence-electron chi connectivity index (χ0n) is 10.4. The third-order valence-electron chi connectivity index (χ3n) is 3.09. The average Bonchev–Trinajstić information content (AvgIpc) is 2.26. The number of benzene rings is 1. The first-order valence-corrected chi connectivity index (χ1v) is 6.05. The van der Waals surface area contributed by atoms with Crippen LogP contribution >= 0.6 is 11.6 Å². The second kappa shape index (κ2) is 5.55. The van der Waals surface area contributed by atoms with Gasteiger partial charge in [-0.2, -0.15) is 0 Å². The Morgan fingerprint density at radius 1 is 1.38 bits per heavy atom. The van der Waals surface area contributed by atoms with E-state index in [0.29, 0.717) is 11.1 Å². The Bertz CT molecular complexity index is 352. The van der Waals surface area contributed by atoms with Gasteiger partial charge in [-0.15, -0.1) is 0 Å². The van der Waals surface area contributed by atoms with Crippen LogP contribution in [0.15, 0.2) is 18.2 Å². The molecule has 1 aromatic rings. The summed E-state index contributed by atoms with van der Waals surface area (Å²) in [7, 11) is 2.04. The fraction of sp³-hybridized carbons (Fsp3) is 0.538. The van der Waals surface area contributed by atoms with E-state index in [9.17, 15) is 5.11 Å². The monoisotopic (exact) mass is 241 g/mol. The number of hydrogen-bond donors (Lipinski definition) is 1. The predicted octanol–water partition coefficient (Wildman–Crippen LogP) is 3.63. The number of rotatable bonds is 4. The number of nitrogens with zero attached hydrogens (tertiary/aromatic N) is 1. The van der Waals surface area contributed by atoms with Gasteiger partial charge in [0.25, 0.3) is 0 Å². The minimum absolute atomic E-state index is 0.454. The Balaban J connectivity index is 2.99. The Morgan fingerprint density at radius 3 is 2.44 bits per heavy atom. The molecule has 0 fully saturated rings. The lowest BCUT2D eigenvalue weighted by Crippen LogP contribution is -2.28. The van der Waals surface area contributed by atoms with E-state index in [-0.39, 0.29) is 0 Å². The quantitative estimate of drug-likeness (QED) is 0.870. The molecule has 2 atom stereocenters. The third-order valence-corrected chi connectivity index (χ3v) is 3.39. The molecule has 3 heteroatoms. The molecule has 0 aliphatic rings. The summed E-state index contributed by atoms with van der Waals surface area (Å²) in [6.45, 7) is 6.06. The first-order chi connectivity index (χ1) is 7.47. The molecular weight excluding hydrogens is 222 g/mol. The number of aliphatic hydroxyl groups excluding tert-OH is 1. The molecule has 16 heavy (non-hydrogen) atoms. The normalized spacial score (nSPS) is 14.6. The van der Waals surface area contributed by atoms with Crippen LogP contribution in [-0.2, 0) is 0 Å². The highest BCUT2D eigenvalue weighted by molar-refractivity contribution is 6.33. The molecule has 0 spiro atoms. The topological polar surface area (TPSA) is 23.5 Å². The van der Waals surface area contributed by atoms with Crippen molar-refractivity contribution in [1.29, 1.82) is 0 Å². The summed E-state index contributed by atoms with van der Waals surface area (Å²) in [5.74, 6) is 0. The van der Waals surface area contributed by atoms with Gasteiger partial charge >= 0.3 is 0 Å². The van der Waals surface area contributed by atoms with Crippen molar-refractivity contribution in [3.8, 4) is 0 Å². The molecule has 1 N–H and O–H groups in total. The van der Waals surface area contributed by atoms with Crippen molar-refractivity contribution in [3.63, 3.8) is 0 Å². The van der Waals surface area contributed by atoms with Crippen LogP contribution in [0.3, 0.4) is 0 Å². The van der Waals surface area contributed by atoms with E-state index in [1.54, 1.807) is 6.92 Å². The summed E-state index contributed by atoms with van der Waals surface area (Å²) in [6.07, 6.45) is 0.603. The van der Waals surface area contributed by atoms with Gasteiger partial charge in [0.05, 0.1) is 16.8 Å². The zero-order valence-corrected chi connectivity index (χ0v) is 11.1. The second-order valence-electron chi connectivity index (χ2n) is 4.25. The summed E-state index contributed by atoms with van der Waals surface area (Å²) in [4.78, 5) is 2.16. The Morgan fingerprint density at radius 2 is 2.00 bits per heavy atom. The van der Waals surface area contributed by atoms with Gasteiger partial charge in [-0.25, -0.2) is 0 Å². The molecule has 0 radical (unpaired) electrons. The first kappa shape index (κ1) is 13.3. The fourth-order valence-corrected chi connectivity index (χ4v) is 1.90. The van der Waals surface area contributed by atoms with Crippen LogP contribution in [0, 0.1) is 0 Å². The molecule has 90 valence electrons. The maximum Gasteiger partial charge on any atom is 0.0762 e. The highest BCUT2D eigenvalue weighted by Crippen LogP contribution is 2.29. The number of halogens is 1. The van der Waals surface area contributed by atoms with Crippen molar-refractivity contribution in [3.05, 3.63) is 28.8 Å². The number of aliphatic hydroxyl groups is 1. The maximum absolute atomic E-state index is 9.46. The molecule has 0 aliphatic carbocycles. The van der Waals surface area contributed by atoms with Gasteiger partial charge in [-0.1, -0.05) is 24.6 Å². The van der Waals surface area contributed by atoms with Crippen molar-refractivity contribution in [2.24, 2.45) is 0 Å². The largest absolute Gasteiger partial charge is 0.389 e. The van der Waals surface area contributed by atoms with E-state index in [0.717, 1.165) is 17.7 Å². The molecule has 0 heterocycles. The molecule has 0 saturated carbocycles. The van der Waals surface area contributed by atoms with Gasteiger partial charge in [0.2, 0.25) is 0 Å². The van der Waals surface area contributed by atoms with Gasteiger partial charge in [0.15, 0.2) is 0 Å². The molecule has 0 aromatic heterocycles. The van der Waals surface area contributed by atoms with E-state index in [1.807, 2.05) is 25.2 Å². The van der Waals surface area contributed by atoms with Crippen molar-refractivity contribution in [2.75, 3.05) is 11.9 Å². The highest BCUT2D eigenvalue weighted by Gasteiger charge is 2.12. The van der Waals surface area contributed by atoms with Crippen LogP contribution in [0.25, 0.3) is 0 Å². The summed E-state index contributed by atoms with van der Waals surface area (Å²) < 4.78 is 0. The van der Waals surface area contributed by atoms with Gasteiger partial charge in [0.1, 0.15) is 0 Å². The molecule has 1 aromatic carbocycles. The van der Waals surface area contributed by atoms with Crippen LogP contribution in [-0.4, -0.2) is 18.2 Å². The summed E-state index contributed by atoms with van der Waals surface area (Å²) in [6, 6.07) is 6.18. The van der Waals surface area contributed by atoms with Gasteiger partial charge in [0, 0.05) is 13.1 Å². The van der Waals surface area contributed by atoms with E-state index in [1.165, 1.54) is 0 Å². The van der Waals surface area contributed by atoms with Crippen LogP contribution in [0.4, 0.5) is 5.69 Å². The smallest absolute Gasteiger partial charge is 0.0762 e. The van der Waals surface area contributed by atoms with Gasteiger partial charge in [-0.3, -0.25) is 0 Å². The van der Waals surface area contributed by atoms with Crippen LogP contribution in [0.5, 0.6) is 0 Å². The minimum Gasteiger partial charge on any atom is -0.389 e. The second-order valence-corrected chi connectivity index (χ2v) is 4.66. The fourth-order valence-electron chi connectivity index (χ4n) is 1.58.